The molecule has 1 aliphatic heterocycles. The first-order valence-electron chi connectivity index (χ1n) is 7.95. The summed E-state index contributed by atoms with van der Waals surface area (Å²) in [5, 5.41) is 11.8. The molecule has 1 saturated heterocycles. The first-order chi connectivity index (χ1) is 10.7. The van der Waals surface area contributed by atoms with Gasteiger partial charge in [-0.05, 0) is 45.6 Å². The smallest absolute Gasteiger partial charge is 0.410 e. The zero-order valence-electron chi connectivity index (χ0n) is 14.0. The summed E-state index contributed by atoms with van der Waals surface area (Å²) in [6, 6.07) is 9.46. The Morgan fingerprint density at radius 1 is 1.26 bits per heavy atom. The number of amides is 1. The average Bonchev–Trinajstić information content (AvgIpc) is 2.46. The Bertz CT molecular complexity index is 564. The van der Waals surface area contributed by atoms with Crippen molar-refractivity contribution in [3.8, 4) is 0 Å². The lowest BCUT2D eigenvalue weighted by molar-refractivity contribution is -0.321. The highest BCUT2D eigenvalue weighted by Crippen LogP contribution is 2.34. The summed E-state index contributed by atoms with van der Waals surface area (Å²) in [6.45, 7) is 6.03. The van der Waals surface area contributed by atoms with Crippen molar-refractivity contribution in [1.82, 2.24) is 4.90 Å². The van der Waals surface area contributed by atoms with Crippen LogP contribution in [0.3, 0.4) is 0 Å². The van der Waals surface area contributed by atoms with Gasteiger partial charge in [-0.25, -0.2) is 4.79 Å². The minimum absolute atomic E-state index is 0.124. The van der Waals surface area contributed by atoms with Gasteiger partial charge in [-0.15, -0.1) is 0 Å². The van der Waals surface area contributed by atoms with Crippen LogP contribution in [0.5, 0.6) is 0 Å². The third-order valence-corrected chi connectivity index (χ3v) is 4.05. The molecule has 1 aliphatic rings. The molecule has 126 valence electrons. The van der Waals surface area contributed by atoms with Crippen LogP contribution < -0.4 is 5.11 Å². The molecule has 23 heavy (non-hydrogen) atoms. The molecule has 0 saturated carbocycles. The van der Waals surface area contributed by atoms with Crippen molar-refractivity contribution >= 4 is 12.1 Å². The fourth-order valence-electron chi connectivity index (χ4n) is 2.98. The number of piperidine rings is 1. The van der Waals surface area contributed by atoms with E-state index in [9.17, 15) is 14.7 Å². The second-order valence-corrected chi connectivity index (χ2v) is 7.24. The quantitative estimate of drug-likeness (QED) is 0.854. The van der Waals surface area contributed by atoms with Crippen LogP contribution in [-0.2, 0) is 16.0 Å². The van der Waals surface area contributed by atoms with Gasteiger partial charge in [0.15, 0.2) is 0 Å². The molecule has 1 aromatic rings. The topological polar surface area (TPSA) is 69.7 Å². The van der Waals surface area contributed by atoms with Gasteiger partial charge in [0.1, 0.15) is 5.60 Å². The number of ether oxygens (including phenoxy) is 1. The van der Waals surface area contributed by atoms with E-state index in [1.54, 1.807) is 20.8 Å². The van der Waals surface area contributed by atoms with E-state index in [-0.39, 0.29) is 6.54 Å². The number of rotatable bonds is 3. The Balaban J connectivity index is 2.17. The van der Waals surface area contributed by atoms with Crippen molar-refractivity contribution in [2.24, 2.45) is 5.41 Å². The van der Waals surface area contributed by atoms with E-state index in [4.69, 9.17) is 4.74 Å². The van der Waals surface area contributed by atoms with Gasteiger partial charge in [0, 0.05) is 24.5 Å². The van der Waals surface area contributed by atoms with Gasteiger partial charge < -0.3 is 19.5 Å². The summed E-state index contributed by atoms with van der Waals surface area (Å²) in [6.07, 6.45) is 1.02. The van der Waals surface area contributed by atoms with Crippen molar-refractivity contribution in [1.29, 1.82) is 0 Å². The van der Waals surface area contributed by atoms with E-state index < -0.39 is 23.1 Å². The van der Waals surface area contributed by atoms with Crippen LogP contribution in [-0.4, -0.2) is 35.7 Å². The van der Waals surface area contributed by atoms with E-state index >= 15 is 0 Å². The molecule has 2 rings (SSSR count). The van der Waals surface area contributed by atoms with E-state index in [1.807, 2.05) is 30.3 Å². The number of likely N-dealkylation sites (tertiary alicyclic amines) is 1. The normalized spacial score (nSPS) is 21.8. The van der Waals surface area contributed by atoms with Gasteiger partial charge in [-0.3, -0.25) is 0 Å². The second kappa shape index (κ2) is 6.60. The van der Waals surface area contributed by atoms with Gasteiger partial charge in [0.25, 0.3) is 0 Å². The fourth-order valence-corrected chi connectivity index (χ4v) is 2.98. The van der Waals surface area contributed by atoms with Gasteiger partial charge in [0.2, 0.25) is 0 Å². The number of carboxylic acid groups (broad SMARTS) is 1. The van der Waals surface area contributed by atoms with Crippen molar-refractivity contribution in [3.63, 3.8) is 0 Å². The maximum absolute atomic E-state index is 12.3. The molecule has 5 nitrogen and oxygen atoms in total. The molecule has 0 unspecified atom stereocenters. The van der Waals surface area contributed by atoms with Crippen LogP contribution in [0.25, 0.3) is 0 Å². The number of nitrogens with zero attached hydrogens (tertiary/aromatic N) is 1. The molecule has 0 bridgehead atoms. The average molecular weight is 318 g/mol. The van der Waals surface area contributed by atoms with Crippen LogP contribution >= 0.6 is 0 Å². The highest BCUT2D eigenvalue weighted by Gasteiger charge is 2.39. The van der Waals surface area contributed by atoms with Crippen molar-refractivity contribution < 1.29 is 19.4 Å². The lowest BCUT2D eigenvalue weighted by Gasteiger charge is -2.43. The summed E-state index contributed by atoms with van der Waals surface area (Å²) in [4.78, 5) is 25.6. The fraction of sp³-hybridized carbons (Fsp3) is 0.556. The van der Waals surface area contributed by atoms with E-state index in [2.05, 4.69) is 0 Å². The summed E-state index contributed by atoms with van der Waals surface area (Å²) < 4.78 is 5.37. The Kier molecular flexibility index (Phi) is 4.97. The number of hydrogen-bond donors (Lipinski definition) is 0. The maximum atomic E-state index is 12.3. The SMILES string of the molecule is CC(C)(C)OC(=O)N1CCC[C@](Cc2ccccc2)(C(=O)[O-])C1. The molecule has 5 heteroatoms. The number of carbonyl (C=O) groups is 2. The van der Waals surface area contributed by atoms with Crippen molar-refractivity contribution in [2.75, 3.05) is 13.1 Å². The van der Waals surface area contributed by atoms with E-state index in [0.29, 0.717) is 25.8 Å². The zero-order chi connectivity index (χ0) is 17.1. The Morgan fingerprint density at radius 3 is 2.48 bits per heavy atom. The Labute approximate surface area is 137 Å². The molecule has 1 heterocycles. The summed E-state index contributed by atoms with van der Waals surface area (Å²) in [5.74, 6) is -1.10. The summed E-state index contributed by atoms with van der Waals surface area (Å²) >= 11 is 0. The predicted octanol–water partition coefficient (Wildman–Crippen LogP) is 2.00. The minimum Gasteiger partial charge on any atom is -0.549 e. The first kappa shape index (κ1) is 17.3. The molecule has 0 N–H and O–H groups in total. The lowest BCUT2D eigenvalue weighted by Crippen LogP contribution is -2.56. The van der Waals surface area contributed by atoms with Crippen LogP contribution in [0.4, 0.5) is 4.79 Å². The van der Waals surface area contributed by atoms with Crippen LogP contribution in [0.2, 0.25) is 0 Å². The van der Waals surface area contributed by atoms with Gasteiger partial charge >= 0.3 is 6.09 Å². The van der Waals surface area contributed by atoms with Crippen LogP contribution in [0.1, 0.15) is 39.2 Å². The first-order valence-corrected chi connectivity index (χ1v) is 7.95. The molecular weight excluding hydrogens is 294 g/mol. The molecule has 1 atom stereocenters. The number of hydrogen-bond acceptors (Lipinski definition) is 4. The van der Waals surface area contributed by atoms with Gasteiger partial charge in [-0.1, -0.05) is 30.3 Å². The Morgan fingerprint density at radius 2 is 1.91 bits per heavy atom. The number of benzene rings is 1. The highest BCUT2D eigenvalue weighted by molar-refractivity contribution is 5.76. The number of aliphatic carboxylic acids is 1. The third-order valence-electron chi connectivity index (χ3n) is 4.05. The van der Waals surface area contributed by atoms with Crippen LogP contribution in [0.15, 0.2) is 30.3 Å². The molecule has 0 radical (unpaired) electrons. The second-order valence-electron chi connectivity index (χ2n) is 7.24. The maximum Gasteiger partial charge on any atom is 0.410 e. The number of carboxylic acids is 1. The number of carbonyl (C=O) groups excluding carboxylic acids is 2. The largest absolute Gasteiger partial charge is 0.549 e. The summed E-state index contributed by atoms with van der Waals surface area (Å²) in [5.41, 5.74) is -0.725. The standard InChI is InChI=1S/C18H25NO4/c1-17(2,3)23-16(22)19-11-7-10-18(13-19,15(20)21)12-14-8-5-4-6-9-14/h4-6,8-9H,7,10-13H2,1-3H3,(H,20,21)/p-1/t18-/m1/s1. The van der Waals surface area contributed by atoms with E-state index in [0.717, 1.165) is 5.56 Å². The molecule has 0 spiro atoms. The monoisotopic (exact) mass is 318 g/mol. The molecule has 1 amide bonds. The molecule has 0 aliphatic carbocycles. The highest BCUT2D eigenvalue weighted by atomic mass is 16.6. The lowest BCUT2D eigenvalue weighted by atomic mass is 9.75. The van der Waals surface area contributed by atoms with Gasteiger partial charge in [-0.2, -0.15) is 0 Å². The molecular formula is C18H24NO4-. The third kappa shape index (κ3) is 4.47. The Hall–Kier alpha value is -2.04. The predicted molar refractivity (Wildman–Crippen MR) is 84.6 cm³/mol. The van der Waals surface area contributed by atoms with Gasteiger partial charge in [0.05, 0.1) is 0 Å². The van der Waals surface area contributed by atoms with E-state index in [1.165, 1.54) is 4.90 Å². The van der Waals surface area contributed by atoms with Crippen molar-refractivity contribution in [2.45, 2.75) is 45.6 Å². The van der Waals surface area contributed by atoms with Crippen molar-refractivity contribution in [3.05, 3.63) is 35.9 Å². The summed E-state index contributed by atoms with van der Waals surface area (Å²) in [7, 11) is 0. The zero-order valence-corrected chi connectivity index (χ0v) is 14.0. The minimum atomic E-state index is -1.10. The molecule has 1 fully saturated rings. The molecule has 0 aromatic heterocycles. The van der Waals surface area contributed by atoms with Crippen LogP contribution in [0, 0.1) is 5.41 Å². The molecule has 1 aromatic carbocycles.